The van der Waals surface area contributed by atoms with Gasteiger partial charge >= 0.3 is 5.97 Å². The van der Waals surface area contributed by atoms with Gasteiger partial charge in [-0.05, 0) is 53.4 Å². The fourth-order valence-corrected chi connectivity index (χ4v) is 2.52. The second kappa shape index (κ2) is 4.87. The van der Waals surface area contributed by atoms with Crippen molar-refractivity contribution in [1.82, 2.24) is 0 Å². The second-order valence-electron chi connectivity index (χ2n) is 4.02. The van der Waals surface area contributed by atoms with Crippen LogP contribution in [0.2, 0.25) is 0 Å². The average Bonchev–Trinajstić information content (AvgIpc) is 2.30. The van der Waals surface area contributed by atoms with Crippen molar-refractivity contribution in [2.24, 2.45) is 0 Å². The summed E-state index contributed by atoms with van der Waals surface area (Å²) in [5.74, 6) is -0.870. The molecular formula is C12H14BrNO2. The molecule has 0 radical (unpaired) electrons. The molecule has 1 aromatic carbocycles. The van der Waals surface area contributed by atoms with Gasteiger partial charge in [0, 0.05) is 17.6 Å². The minimum absolute atomic E-state index is 0.351. The Hall–Kier alpha value is -1.03. The maximum atomic E-state index is 10.9. The molecule has 86 valence electrons. The lowest BCUT2D eigenvalue weighted by atomic mass is 10.1. The molecule has 0 amide bonds. The summed E-state index contributed by atoms with van der Waals surface area (Å²) in [6, 6.07) is 5.19. The number of benzene rings is 1. The summed E-state index contributed by atoms with van der Waals surface area (Å²) in [7, 11) is 0. The first-order chi connectivity index (χ1) is 7.68. The standard InChI is InChI=1S/C12H14BrNO2/c13-10-5-4-9(12(15)16)8-11(10)14-6-2-1-3-7-14/h4-5,8H,1-3,6-7H2,(H,15,16). The van der Waals surface area contributed by atoms with Crippen molar-refractivity contribution in [3.8, 4) is 0 Å². The summed E-state index contributed by atoms with van der Waals surface area (Å²) in [4.78, 5) is 13.2. The van der Waals surface area contributed by atoms with E-state index in [1.54, 1.807) is 12.1 Å². The number of piperidine rings is 1. The lowest BCUT2D eigenvalue weighted by Gasteiger charge is -2.29. The molecule has 0 bridgehead atoms. The molecule has 0 aliphatic carbocycles. The molecule has 0 unspecified atom stereocenters. The van der Waals surface area contributed by atoms with Crippen LogP contribution in [0.15, 0.2) is 22.7 Å². The van der Waals surface area contributed by atoms with Crippen molar-refractivity contribution < 1.29 is 9.90 Å². The van der Waals surface area contributed by atoms with Crippen LogP contribution in [0.1, 0.15) is 29.6 Å². The van der Waals surface area contributed by atoms with Crippen molar-refractivity contribution in [2.45, 2.75) is 19.3 Å². The van der Waals surface area contributed by atoms with E-state index in [2.05, 4.69) is 20.8 Å². The molecule has 0 aromatic heterocycles. The van der Waals surface area contributed by atoms with Gasteiger partial charge in [-0.15, -0.1) is 0 Å². The smallest absolute Gasteiger partial charge is 0.335 e. The van der Waals surface area contributed by atoms with Gasteiger partial charge in [0.25, 0.3) is 0 Å². The first kappa shape index (κ1) is 11.5. The lowest BCUT2D eigenvalue weighted by Crippen LogP contribution is -2.29. The Morgan fingerprint density at radius 3 is 2.56 bits per heavy atom. The number of carbonyl (C=O) groups is 1. The predicted octanol–water partition coefficient (Wildman–Crippen LogP) is 3.14. The number of hydrogen-bond donors (Lipinski definition) is 1. The van der Waals surface area contributed by atoms with Gasteiger partial charge < -0.3 is 10.0 Å². The zero-order valence-corrected chi connectivity index (χ0v) is 10.5. The molecule has 4 heteroatoms. The minimum atomic E-state index is -0.870. The third kappa shape index (κ3) is 2.38. The topological polar surface area (TPSA) is 40.5 Å². The summed E-state index contributed by atoms with van der Waals surface area (Å²) < 4.78 is 0.972. The van der Waals surface area contributed by atoms with Crippen LogP contribution in [-0.4, -0.2) is 24.2 Å². The van der Waals surface area contributed by atoms with E-state index in [-0.39, 0.29) is 0 Å². The van der Waals surface area contributed by atoms with Gasteiger partial charge in [-0.1, -0.05) is 0 Å². The van der Waals surface area contributed by atoms with Gasteiger partial charge in [-0.25, -0.2) is 4.79 Å². The van der Waals surface area contributed by atoms with Crippen LogP contribution >= 0.6 is 15.9 Å². The number of carboxylic acids is 1. The quantitative estimate of drug-likeness (QED) is 0.907. The molecular weight excluding hydrogens is 270 g/mol. The van der Waals surface area contributed by atoms with E-state index in [9.17, 15) is 4.79 Å². The van der Waals surface area contributed by atoms with E-state index >= 15 is 0 Å². The first-order valence-electron chi connectivity index (χ1n) is 5.46. The number of hydrogen-bond acceptors (Lipinski definition) is 2. The Morgan fingerprint density at radius 1 is 1.25 bits per heavy atom. The highest BCUT2D eigenvalue weighted by Crippen LogP contribution is 2.29. The van der Waals surface area contributed by atoms with E-state index < -0.39 is 5.97 Å². The van der Waals surface area contributed by atoms with Gasteiger partial charge in [0.1, 0.15) is 0 Å². The molecule has 3 nitrogen and oxygen atoms in total. The maximum Gasteiger partial charge on any atom is 0.335 e. The van der Waals surface area contributed by atoms with Crippen molar-refractivity contribution in [3.63, 3.8) is 0 Å². The summed E-state index contributed by atoms with van der Waals surface area (Å²) in [6.45, 7) is 2.03. The van der Waals surface area contributed by atoms with Gasteiger partial charge in [0.2, 0.25) is 0 Å². The Morgan fingerprint density at radius 2 is 1.94 bits per heavy atom. The Labute approximate surface area is 103 Å². The van der Waals surface area contributed by atoms with Crippen molar-refractivity contribution >= 4 is 27.6 Å². The highest BCUT2D eigenvalue weighted by Gasteiger charge is 2.15. The zero-order chi connectivity index (χ0) is 11.5. The van der Waals surface area contributed by atoms with Crippen LogP contribution in [0.25, 0.3) is 0 Å². The molecule has 0 atom stereocenters. The second-order valence-corrected chi connectivity index (χ2v) is 4.87. The number of rotatable bonds is 2. The van der Waals surface area contributed by atoms with Gasteiger partial charge in [0.05, 0.1) is 11.3 Å². The molecule has 1 saturated heterocycles. The molecule has 0 saturated carbocycles. The van der Waals surface area contributed by atoms with Crippen molar-refractivity contribution in [2.75, 3.05) is 18.0 Å². The SMILES string of the molecule is O=C(O)c1ccc(Br)c(N2CCCCC2)c1. The van der Waals surface area contributed by atoms with Crippen molar-refractivity contribution in [1.29, 1.82) is 0 Å². The van der Waals surface area contributed by atoms with E-state index in [1.165, 1.54) is 19.3 Å². The third-order valence-corrected chi connectivity index (χ3v) is 3.56. The maximum absolute atomic E-state index is 10.9. The normalized spacial score (nSPS) is 16.2. The van der Waals surface area contributed by atoms with Crippen LogP contribution in [0.4, 0.5) is 5.69 Å². The van der Waals surface area contributed by atoms with Crippen LogP contribution < -0.4 is 4.90 Å². The molecule has 1 aromatic rings. The van der Waals surface area contributed by atoms with E-state index in [4.69, 9.17) is 5.11 Å². The number of anilines is 1. The summed E-state index contributed by atoms with van der Waals surface area (Å²) in [6.07, 6.45) is 3.64. The molecule has 1 fully saturated rings. The van der Waals surface area contributed by atoms with Crippen LogP contribution in [-0.2, 0) is 0 Å². The van der Waals surface area contributed by atoms with Gasteiger partial charge in [-0.3, -0.25) is 0 Å². The first-order valence-corrected chi connectivity index (χ1v) is 6.25. The molecule has 1 aliphatic heterocycles. The van der Waals surface area contributed by atoms with E-state index in [0.29, 0.717) is 5.56 Å². The van der Waals surface area contributed by atoms with Crippen molar-refractivity contribution in [3.05, 3.63) is 28.2 Å². The predicted molar refractivity (Wildman–Crippen MR) is 67.2 cm³/mol. The Balaban J connectivity index is 2.30. The van der Waals surface area contributed by atoms with Gasteiger partial charge in [-0.2, -0.15) is 0 Å². The minimum Gasteiger partial charge on any atom is -0.478 e. The summed E-state index contributed by atoms with van der Waals surface area (Å²) >= 11 is 3.48. The Kier molecular flexibility index (Phi) is 3.49. The number of halogens is 1. The summed E-state index contributed by atoms with van der Waals surface area (Å²) in [5, 5.41) is 8.96. The molecule has 1 heterocycles. The highest BCUT2D eigenvalue weighted by molar-refractivity contribution is 9.10. The van der Waals surface area contributed by atoms with Gasteiger partial charge in [0.15, 0.2) is 0 Å². The van der Waals surface area contributed by atoms with Crippen LogP contribution in [0.3, 0.4) is 0 Å². The molecule has 16 heavy (non-hydrogen) atoms. The zero-order valence-electron chi connectivity index (χ0n) is 8.95. The summed E-state index contributed by atoms with van der Waals surface area (Å²) in [5.41, 5.74) is 1.35. The average molecular weight is 284 g/mol. The molecule has 1 N–H and O–H groups in total. The molecule has 1 aliphatic rings. The van der Waals surface area contributed by atoms with E-state index in [0.717, 1.165) is 23.2 Å². The molecule has 0 spiro atoms. The number of carboxylic acid groups (broad SMARTS) is 1. The monoisotopic (exact) mass is 283 g/mol. The fourth-order valence-electron chi connectivity index (χ4n) is 2.02. The van der Waals surface area contributed by atoms with Crippen LogP contribution in [0.5, 0.6) is 0 Å². The lowest BCUT2D eigenvalue weighted by molar-refractivity contribution is 0.0697. The fraction of sp³-hybridized carbons (Fsp3) is 0.417. The molecule has 2 rings (SSSR count). The third-order valence-electron chi connectivity index (χ3n) is 2.89. The van der Waals surface area contributed by atoms with Crippen LogP contribution in [0, 0.1) is 0 Å². The number of aromatic carboxylic acids is 1. The largest absolute Gasteiger partial charge is 0.478 e. The Bertz CT molecular complexity index is 400. The number of nitrogens with zero attached hydrogens (tertiary/aromatic N) is 1. The highest BCUT2D eigenvalue weighted by atomic mass is 79.9. The van der Waals surface area contributed by atoms with E-state index in [1.807, 2.05) is 6.07 Å².